The molecule has 1 aromatic carbocycles. The lowest BCUT2D eigenvalue weighted by Gasteiger charge is -2.62. The molecule has 3 saturated carbocycles. The maximum atomic E-state index is 10.3. The van der Waals surface area contributed by atoms with Gasteiger partial charge in [0.25, 0.3) is 0 Å². The van der Waals surface area contributed by atoms with Crippen LogP contribution in [0.25, 0.3) is 11.5 Å². The van der Waals surface area contributed by atoms with Crippen molar-refractivity contribution in [3.63, 3.8) is 0 Å². The first kappa shape index (κ1) is 19.8. The first-order chi connectivity index (χ1) is 14.3. The highest BCUT2D eigenvalue weighted by atomic mass is 35.5. The molecule has 3 fully saturated rings. The van der Waals surface area contributed by atoms with Crippen molar-refractivity contribution in [2.45, 2.75) is 46.1 Å². The van der Waals surface area contributed by atoms with Crippen molar-refractivity contribution >= 4 is 28.1 Å². The summed E-state index contributed by atoms with van der Waals surface area (Å²) in [6.07, 6.45) is 2.83. The van der Waals surface area contributed by atoms with Crippen LogP contribution in [-0.4, -0.2) is 26.3 Å². The number of nitrogens with one attached hydrogen (secondary N) is 1. The highest BCUT2D eigenvalue weighted by Crippen LogP contribution is 2.61. The number of anilines is 1. The van der Waals surface area contributed by atoms with Crippen molar-refractivity contribution in [1.82, 2.24) is 15.2 Å². The standard InChI is InChI=1S/C22H25ClN4O2S/c1-11-14-8-12(22(14,2)3)9-16(11)24-21-25-19(28)17(30-21)10-18-26-27-20(29-18)13-6-4-5-7-15(13)23/h4-7,11-12,14,16,28H,8-10H2,1-3H3,(H,24,25)/t11-,12+,14-,16-/m1/s1. The van der Waals surface area contributed by atoms with Crippen LogP contribution in [0.2, 0.25) is 5.02 Å². The predicted molar refractivity (Wildman–Crippen MR) is 118 cm³/mol. The molecule has 6 rings (SSSR count). The van der Waals surface area contributed by atoms with Crippen molar-refractivity contribution in [2.24, 2.45) is 23.2 Å². The molecule has 3 aromatic rings. The van der Waals surface area contributed by atoms with Crippen molar-refractivity contribution in [3.8, 4) is 17.3 Å². The molecule has 0 amide bonds. The number of benzene rings is 1. The average molecular weight is 445 g/mol. The van der Waals surface area contributed by atoms with E-state index in [0.29, 0.717) is 51.0 Å². The third-order valence-electron chi connectivity index (χ3n) is 7.22. The van der Waals surface area contributed by atoms with Gasteiger partial charge < -0.3 is 14.8 Å². The summed E-state index contributed by atoms with van der Waals surface area (Å²) in [5.74, 6) is 2.93. The van der Waals surface area contributed by atoms with E-state index in [2.05, 4.69) is 41.3 Å². The smallest absolute Gasteiger partial charge is 0.249 e. The van der Waals surface area contributed by atoms with Gasteiger partial charge in [-0.2, -0.15) is 4.98 Å². The van der Waals surface area contributed by atoms with Gasteiger partial charge in [-0.15, -0.1) is 10.2 Å². The molecule has 2 aromatic heterocycles. The summed E-state index contributed by atoms with van der Waals surface area (Å²) in [7, 11) is 0. The summed E-state index contributed by atoms with van der Waals surface area (Å²) in [4.78, 5) is 5.05. The monoisotopic (exact) mass is 444 g/mol. The Morgan fingerprint density at radius 3 is 2.80 bits per heavy atom. The Bertz CT molecular complexity index is 1080. The van der Waals surface area contributed by atoms with Crippen molar-refractivity contribution in [1.29, 1.82) is 0 Å². The predicted octanol–water partition coefficient (Wildman–Crippen LogP) is 5.63. The summed E-state index contributed by atoms with van der Waals surface area (Å²) >= 11 is 7.66. The first-order valence-corrected chi connectivity index (χ1v) is 11.5. The zero-order valence-electron chi connectivity index (χ0n) is 17.2. The van der Waals surface area contributed by atoms with E-state index in [4.69, 9.17) is 16.0 Å². The molecule has 0 spiro atoms. The van der Waals surface area contributed by atoms with Gasteiger partial charge in [-0.1, -0.05) is 55.8 Å². The van der Waals surface area contributed by atoms with Crippen LogP contribution in [0.3, 0.4) is 0 Å². The van der Waals surface area contributed by atoms with Crippen molar-refractivity contribution in [3.05, 3.63) is 40.1 Å². The molecule has 0 saturated heterocycles. The molecule has 0 radical (unpaired) electrons. The van der Waals surface area contributed by atoms with E-state index in [1.807, 2.05) is 18.2 Å². The molecule has 158 valence electrons. The molecular weight excluding hydrogens is 420 g/mol. The number of hydrogen-bond acceptors (Lipinski definition) is 7. The SMILES string of the molecule is C[C@@H]1[C@H]2C[C@@H](C[C@H]1Nc1nc(O)c(Cc3nnc(-c4ccccc4Cl)o3)s1)C2(C)C. The molecule has 2 N–H and O–H groups in total. The molecule has 2 heterocycles. The Kier molecular flexibility index (Phi) is 4.78. The van der Waals surface area contributed by atoms with Gasteiger partial charge in [0.15, 0.2) is 5.13 Å². The topological polar surface area (TPSA) is 84.1 Å². The normalized spacial score (nSPS) is 26.9. The van der Waals surface area contributed by atoms with Crippen LogP contribution in [0.5, 0.6) is 5.88 Å². The first-order valence-electron chi connectivity index (χ1n) is 10.4. The second-order valence-electron chi connectivity index (χ2n) is 9.13. The van der Waals surface area contributed by atoms with Crippen LogP contribution >= 0.6 is 22.9 Å². The van der Waals surface area contributed by atoms with E-state index in [9.17, 15) is 5.11 Å². The fraction of sp³-hybridized carbons (Fsp3) is 0.500. The Balaban J connectivity index is 1.28. The second kappa shape index (κ2) is 7.24. The van der Waals surface area contributed by atoms with Crippen LogP contribution in [0.15, 0.2) is 28.7 Å². The highest BCUT2D eigenvalue weighted by Gasteiger charge is 2.56. The number of fused-ring (bicyclic) bond motifs is 2. The Morgan fingerprint density at radius 2 is 2.07 bits per heavy atom. The number of aromatic hydroxyl groups is 1. The maximum absolute atomic E-state index is 10.3. The van der Waals surface area contributed by atoms with E-state index in [1.54, 1.807) is 6.07 Å². The summed E-state index contributed by atoms with van der Waals surface area (Å²) in [6.45, 7) is 7.13. The number of aromatic nitrogens is 3. The minimum atomic E-state index is 0.0222. The Morgan fingerprint density at radius 1 is 1.27 bits per heavy atom. The Labute approximate surface area is 184 Å². The van der Waals surface area contributed by atoms with E-state index in [0.717, 1.165) is 23.4 Å². The molecule has 30 heavy (non-hydrogen) atoms. The zero-order valence-corrected chi connectivity index (χ0v) is 18.8. The molecule has 0 aliphatic heterocycles. The lowest BCUT2D eigenvalue weighted by molar-refractivity contribution is -0.105. The number of nitrogens with zero attached hydrogens (tertiary/aromatic N) is 3. The van der Waals surface area contributed by atoms with E-state index < -0.39 is 0 Å². The third kappa shape index (κ3) is 3.28. The molecule has 3 aliphatic rings. The number of hydrogen-bond donors (Lipinski definition) is 2. The van der Waals surface area contributed by atoms with Crippen LogP contribution in [0, 0.1) is 23.2 Å². The summed E-state index contributed by atoms with van der Waals surface area (Å²) < 4.78 is 5.77. The van der Waals surface area contributed by atoms with Gasteiger partial charge in [-0.25, -0.2) is 0 Å². The van der Waals surface area contributed by atoms with Gasteiger partial charge in [0.1, 0.15) is 0 Å². The fourth-order valence-electron chi connectivity index (χ4n) is 5.23. The minimum Gasteiger partial charge on any atom is -0.492 e. The number of halogens is 1. The Hall–Kier alpha value is -2.12. The summed E-state index contributed by atoms with van der Waals surface area (Å²) in [5.41, 5.74) is 1.15. The molecule has 2 bridgehead atoms. The van der Waals surface area contributed by atoms with Gasteiger partial charge in [-0.3, -0.25) is 0 Å². The van der Waals surface area contributed by atoms with Gasteiger partial charge >= 0.3 is 0 Å². The van der Waals surface area contributed by atoms with E-state index in [1.165, 1.54) is 17.8 Å². The molecular formula is C22H25ClN4O2S. The van der Waals surface area contributed by atoms with Crippen LogP contribution in [0.4, 0.5) is 5.13 Å². The molecule has 6 nitrogen and oxygen atoms in total. The molecule has 3 aliphatic carbocycles. The van der Waals surface area contributed by atoms with E-state index >= 15 is 0 Å². The lowest BCUT2D eigenvalue weighted by atomic mass is 9.45. The molecule has 0 unspecified atom stereocenters. The average Bonchev–Trinajstić information content (AvgIpc) is 3.30. The quantitative estimate of drug-likeness (QED) is 0.530. The summed E-state index contributed by atoms with van der Waals surface area (Å²) in [6, 6.07) is 7.74. The van der Waals surface area contributed by atoms with Crippen molar-refractivity contribution < 1.29 is 9.52 Å². The van der Waals surface area contributed by atoms with Gasteiger partial charge in [-0.05, 0) is 48.1 Å². The van der Waals surface area contributed by atoms with E-state index in [-0.39, 0.29) is 5.88 Å². The lowest BCUT2D eigenvalue weighted by Crippen LogP contribution is -2.58. The maximum Gasteiger partial charge on any atom is 0.249 e. The van der Waals surface area contributed by atoms with Crippen LogP contribution in [-0.2, 0) is 6.42 Å². The summed E-state index contributed by atoms with van der Waals surface area (Å²) in [5, 5.41) is 23.4. The van der Waals surface area contributed by atoms with Crippen LogP contribution < -0.4 is 5.32 Å². The van der Waals surface area contributed by atoms with Crippen LogP contribution in [0.1, 0.15) is 44.4 Å². The molecule has 4 atom stereocenters. The minimum absolute atomic E-state index is 0.0222. The number of rotatable bonds is 5. The number of thiazole rings is 1. The van der Waals surface area contributed by atoms with Gasteiger partial charge in [0.2, 0.25) is 17.7 Å². The zero-order chi connectivity index (χ0) is 21.0. The largest absolute Gasteiger partial charge is 0.492 e. The van der Waals surface area contributed by atoms with Gasteiger partial charge in [0, 0.05) is 6.04 Å². The fourth-order valence-corrected chi connectivity index (χ4v) is 6.35. The molecule has 8 heteroatoms. The third-order valence-corrected chi connectivity index (χ3v) is 8.53. The highest BCUT2D eigenvalue weighted by molar-refractivity contribution is 7.15. The van der Waals surface area contributed by atoms with Crippen molar-refractivity contribution in [2.75, 3.05) is 5.32 Å². The van der Waals surface area contributed by atoms with Gasteiger partial charge in [0.05, 0.1) is 21.9 Å². The second-order valence-corrected chi connectivity index (χ2v) is 10.6.